The Kier molecular flexibility index (Phi) is 4.76. The van der Waals surface area contributed by atoms with E-state index < -0.39 is 0 Å². The Hall–Kier alpha value is -2.94. The first-order valence-electron chi connectivity index (χ1n) is 8.18. The van der Waals surface area contributed by atoms with Gasteiger partial charge in [-0.3, -0.25) is 14.2 Å². The third-order valence-corrected chi connectivity index (χ3v) is 5.04. The van der Waals surface area contributed by atoms with E-state index in [-0.39, 0.29) is 5.91 Å². The summed E-state index contributed by atoms with van der Waals surface area (Å²) in [6.07, 6.45) is 7.03. The Morgan fingerprint density at radius 3 is 2.70 bits per heavy atom. The first kappa shape index (κ1) is 17.5. The number of nitrogens with zero attached hydrogens (tertiary/aromatic N) is 3. The zero-order chi connectivity index (χ0) is 18.8. The second-order valence-electron chi connectivity index (χ2n) is 5.83. The van der Waals surface area contributed by atoms with Crippen LogP contribution in [0.4, 0.5) is 5.69 Å². The molecule has 0 radical (unpaired) electrons. The number of rotatable bonds is 4. The van der Waals surface area contributed by atoms with Crippen LogP contribution < -0.4 is 10.1 Å². The maximum atomic E-state index is 12.4. The molecule has 0 aliphatic rings. The minimum atomic E-state index is -0.156. The van der Waals surface area contributed by atoms with Crippen molar-refractivity contribution in [3.05, 3.63) is 76.4 Å². The molecule has 3 aromatic heterocycles. The predicted molar refractivity (Wildman–Crippen MR) is 112 cm³/mol. The standard InChI is InChI=1S/C20H15IN4O2/c1-27-15-7-9-25-18(12-23-19(25)10-15)13-2-4-14(5-3-13)24-20(26)16-6-8-22-11-17(16)21/h2-12H,1H3,(H,24,26). The minimum absolute atomic E-state index is 0.156. The van der Waals surface area contributed by atoms with E-state index in [2.05, 4.69) is 37.9 Å². The summed E-state index contributed by atoms with van der Waals surface area (Å²) in [5.74, 6) is 0.611. The average Bonchev–Trinajstić information content (AvgIpc) is 3.12. The lowest BCUT2D eigenvalue weighted by atomic mass is 10.1. The van der Waals surface area contributed by atoms with E-state index >= 15 is 0 Å². The molecule has 0 unspecified atom stereocenters. The van der Waals surface area contributed by atoms with Gasteiger partial charge in [0.05, 0.1) is 24.6 Å². The lowest BCUT2D eigenvalue weighted by molar-refractivity contribution is 0.102. The summed E-state index contributed by atoms with van der Waals surface area (Å²) in [5, 5.41) is 2.91. The Morgan fingerprint density at radius 2 is 1.96 bits per heavy atom. The van der Waals surface area contributed by atoms with E-state index in [1.807, 2.05) is 53.2 Å². The zero-order valence-electron chi connectivity index (χ0n) is 14.4. The van der Waals surface area contributed by atoms with Gasteiger partial charge in [-0.25, -0.2) is 4.98 Å². The van der Waals surface area contributed by atoms with Crippen molar-refractivity contribution < 1.29 is 9.53 Å². The van der Waals surface area contributed by atoms with Gasteiger partial charge in [0.25, 0.3) is 5.91 Å². The molecule has 0 saturated heterocycles. The first-order valence-corrected chi connectivity index (χ1v) is 9.26. The van der Waals surface area contributed by atoms with Gasteiger partial charge in [0.2, 0.25) is 0 Å². The first-order chi connectivity index (χ1) is 13.2. The Morgan fingerprint density at radius 1 is 1.15 bits per heavy atom. The molecule has 27 heavy (non-hydrogen) atoms. The van der Waals surface area contributed by atoms with Gasteiger partial charge in [-0.15, -0.1) is 0 Å². The molecule has 0 bridgehead atoms. The summed E-state index contributed by atoms with van der Waals surface area (Å²) in [5.41, 5.74) is 4.12. The lowest BCUT2D eigenvalue weighted by Crippen LogP contribution is -2.13. The number of hydrogen-bond donors (Lipinski definition) is 1. The topological polar surface area (TPSA) is 68.5 Å². The second kappa shape index (κ2) is 7.36. The fourth-order valence-electron chi connectivity index (χ4n) is 2.78. The van der Waals surface area contributed by atoms with Crippen LogP contribution in [0.3, 0.4) is 0 Å². The largest absolute Gasteiger partial charge is 0.497 e. The predicted octanol–water partition coefficient (Wildman–Crippen LogP) is 4.26. The highest BCUT2D eigenvalue weighted by atomic mass is 127. The number of nitrogens with one attached hydrogen (secondary N) is 1. The highest BCUT2D eigenvalue weighted by molar-refractivity contribution is 14.1. The molecule has 3 heterocycles. The number of aromatic nitrogens is 3. The molecular weight excluding hydrogens is 455 g/mol. The molecule has 4 aromatic rings. The van der Waals surface area contributed by atoms with Gasteiger partial charge in [0.15, 0.2) is 0 Å². The van der Waals surface area contributed by atoms with Gasteiger partial charge in [0, 0.05) is 39.5 Å². The number of fused-ring (bicyclic) bond motifs is 1. The fourth-order valence-corrected chi connectivity index (χ4v) is 3.37. The highest BCUT2D eigenvalue weighted by Gasteiger charge is 2.11. The molecule has 0 spiro atoms. The fraction of sp³-hybridized carbons (Fsp3) is 0.0500. The van der Waals surface area contributed by atoms with Crippen molar-refractivity contribution in [2.24, 2.45) is 0 Å². The molecule has 0 atom stereocenters. The normalized spacial score (nSPS) is 10.7. The quantitative estimate of drug-likeness (QED) is 0.453. The summed E-state index contributed by atoms with van der Waals surface area (Å²) < 4.78 is 8.04. The number of carbonyl (C=O) groups is 1. The number of benzene rings is 1. The summed E-state index contributed by atoms with van der Waals surface area (Å²) >= 11 is 2.10. The molecule has 0 fully saturated rings. The number of pyridine rings is 2. The molecule has 0 saturated carbocycles. The molecule has 1 aromatic carbocycles. The van der Waals surface area contributed by atoms with Crippen LogP contribution in [0.25, 0.3) is 16.9 Å². The van der Waals surface area contributed by atoms with Gasteiger partial charge in [-0.1, -0.05) is 12.1 Å². The maximum absolute atomic E-state index is 12.4. The van der Waals surface area contributed by atoms with Crippen molar-refractivity contribution in [1.82, 2.24) is 14.4 Å². The van der Waals surface area contributed by atoms with Crippen molar-refractivity contribution in [2.75, 3.05) is 12.4 Å². The van der Waals surface area contributed by atoms with E-state index in [4.69, 9.17) is 4.74 Å². The lowest BCUT2D eigenvalue weighted by Gasteiger charge is -2.08. The van der Waals surface area contributed by atoms with E-state index in [9.17, 15) is 4.79 Å². The number of ether oxygens (including phenoxy) is 1. The van der Waals surface area contributed by atoms with Gasteiger partial charge >= 0.3 is 0 Å². The van der Waals surface area contributed by atoms with Crippen molar-refractivity contribution in [2.45, 2.75) is 0 Å². The summed E-state index contributed by atoms with van der Waals surface area (Å²) in [7, 11) is 1.63. The molecule has 134 valence electrons. The van der Waals surface area contributed by atoms with Crippen LogP contribution >= 0.6 is 22.6 Å². The Labute approximate surface area is 169 Å². The van der Waals surface area contributed by atoms with E-state index in [1.54, 1.807) is 25.6 Å². The zero-order valence-corrected chi connectivity index (χ0v) is 16.5. The number of halogens is 1. The van der Waals surface area contributed by atoms with Crippen LogP contribution in [0.1, 0.15) is 10.4 Å². The van der Waals surface area contributed by atoms with Gasteiger partial charge in [-0.2, -0.15) is 0 Å². The van der Waals surface area contributed by atoms with E-state index in [0.717, 1.165) is 31.9 Å². The van der Waals surface area contributed by atoms with Crippen LogP contribution in [0.15, 0.2) is 67.3 Å². The molecule has 0 aliphatic carbocycles. The smallest absolute Gasteiger partial charge is 0.256 e. The highest BCUT2D eigenvalue weighted by Crippen LogP contribution is 2.25. The third-order valence-electron chi connectivity index (χ3n) is 4.18. The number of amides is 1. The third kappa shape index (κ3) is 3.50. The van der Waals surface area contributed by atoms with E-state index in [1.165, 1.54) is 0 Å². The summed E-state index contributed by atoms with van der Waals surface area (Å²) in [4.78, 5) is 20.9. The minimum Gasteiger partial charge on any atom is -0.497 e. The van der Waals surface area contributed by atoms with Crippen molar-refractivity contribution >= 4 is 39.8 Å². The van der Waals surface area contributed by atoms with Crippen molar-refractivity contribution in [3.63, 3.8) is 0 Å². The van der Waals surface area contributed by atoms with Crippen molar-refractivity contribution in [1.29, 1.82) is 0 Å². The monoisotopic (exact) mass is 470 g/mol. The van der Waals surface area contributed by atoms with E-state index in [0.29, 0.717) is 5.56 Å². The summed E-state index contributed by atoms with van der Waals surface area (Å²) in [6.45, 7) is 0. The van der Waals surface area contributed by atoms with Crippen LogP contribution in [0, 0.1) is 3.57 Å². The van der Waals surface area contributed by atoms with Gasteiger partial charge in [0.1, 0.15) is 11.4 Å². The van der Waals surface area contributed by atoms with Gasteiger partial charge in [-0.05, 0) is 46.9 Å². The Balaban J connectivity index is 1.58. The molecule has 6 nitrogen and oxygen atoms in total. The molecular formula is C20H15IN4O2. The number of carbonyl (C=O) groups excluding carboxylic acids is 1. The SMILES string of the molecule is COc1ccn2c(-c3ccc(NC(=O)c4ccncc4I)cc3)cnc2c1. The number of hydrogen-bond acceptors (Lipinski definition) is 4. The van der Waals surface area contributed by atoms with Crippen LogP contribution in [0.5, 0.6) is 5.75 Å². The average molecular weight is 470 g/mol. The molecule has 7 heteroatoms. The van der Waals surface area contributed by atoms with Crippen LogP contribution in [0.2, 0.25) is 0 Å². The van der Waals surface area contributed by atoms with Crippen molar-refractivity contribution in [3.8, 4) is 17.0 Å². The van der Waals surface area contributed by atoms with Crippen LogP contribution in [-0.4, -0.2) is 27.4 Å². The number of methoxy groups -OCH3 is 1. The maximum Gasteiger partial charge on any atom is 0.256 e. The Bertz CT molecular complexity index is 1120. The van der Waals surface area contributed by atoms with Crippen LogP contribution in [-0.2, 0) is 0 Å². The molecule has 0 aliphatic heterocycles. The summed E-state index contributed by atoms with van der Waals surface area (Å²) in [6, 6.07) is 13.2. The van der Waals surface area contributed by atoms with Gasteiger partial charge < -0.3 is 10.1 Å². The molecule has 1 N–H and O–H groups in total. The molecule has 4 rings (SSSR count). The number of imidazole rings is 1. The number of anilines is 1. The second-order valence-corrected chi connectivity index (χ2v) is 6.99. The molecule has 1 amide bonds.